The highest BCUT2D eigenvalue weighted by Gasteiger charge is 2.26. The molecule has 2 amide bonds. The zero-order valence-electron chi connectivity index (χ0n) is 17.4. The molecule has 2 rings (SSSR count). The molecule has 0 bridgehead atoms. The topological polar surface area (TPSA) is 49.4 Å². The minimum absolute atomic E-state index is 0.125. The fraction of sp³-hybridized carbons (Fsp3) is 0.391. The van der Waals surface area contributed by atoms with Gasteiger partial charge in [-0.25, -0.2) is 0 Å². The zero-order chi connectivity index (χ0) is 21.6. The molecule has 0 fully saturated rings. The van der Waals surface area contributed by atoms with Crippen molar-refractivity contribution in [3.8, 4) is 0 Å². The summed E-state index contributed by atoms with van der Waals surface area (Å²) in [6, 6.07) is 10.6. The number of aryl methyl sites for hydroxylation is 2. The summed E-state index contributed by atoms with van der Waals surface area (Å²) in [6.45, 7) is 8.56. The molecule has 0 spiro atoms. The Balaban J connectivity index is 2.29. The Kier molecular flexibility index (Phi) is 8.54. The number of nitrogens with one attached hydrogen (secondary N) is 1. The second kappa shape index (κ2) is 10.7. The molecule has 2 aromatic carbocycles. The van der Waals surface area contributed by atoms with E-state index in [0.717, 1.165) is 28.7 Å². The van der Waals surface area contributed by atoms with Crippen LogP contribution in [-0.4, -0.2) is 29.3 Å². The largest absolute Gasteiger partial charge is 0.354 e. The molecular weight excluding hydrogens is 407 g/mol. The Bertz CT molecular complexity index is 863. The first kappa shape index (κ1) is 23.2. The normalized spacial score (nSPS) is 11.8. The summed E-state index contributed by atoms with van der Waals surface area (Å²) in [6.07, 6.45) is 1.05. The van der Waals surface area contributed by atoms with Crippen molar-refractivity contribution < 1.29 is 9.59 Å². The van der Waals surface area contributed by atoms with Gasteiger partial charge in [0.1, 0.15) is 6.04 Å². The van der Waals surface area contributed by atoms with Crippen LogP contribution in [-0.2, 0) is 22.6 Å². The Hall–Kier alpha value is -2.04. The Morgan fingerprint density at radius 2 is 1.72 bits per heavy atom. The molecule has 4 nitrogen and oxygen atoms in total. The van der Waals surface area contributed by atoms with Crippen LogP contribution >= 0.6 is 23.2 Å². The molecule has 1 atom stereocenters. The van der Waals surface area contributed by atoms with Crippen LogP contribution in [0.1, 0.15) is 42.5 Å². The highest BCUT2D eigenvalue weighted by Crippen LogP contribution is 2.24. The summed E-state index contributed by atoms with van der Waals surface area (Å²) in [5.41, 5.74) is 3.89. The third-order valence-electron chi connectivity index (χ3n) is 4.71. The molecule has 1 N–H and O–H groups in total. The van der Waals surface area contributed by atoms with Crippen molar-refractivity contribution in [3.63, 3.8) is 0 Å². The lowest BCUT2D eigenvalue weighted by Gasteiger charge is -2.29. The first-order valence-corrected chi connectivity index (χ1v) is 10.5. The molecule has 0 radical (unpaired) electrons. The van der Waals surface area contributed by atoms with E-state index in [9.17, 15) is 9.59 Å². The zero-order valence-corrected chi connectivity index (χ0v) is 18.9. The number of nitrogens with zero attached hydrogens (tertiary/aromatic N) is 1. The maximum Gasteiger partial charge on any atom is 0.242 e. The SMILES string of the molecule is CCCNC(=O)[C@@H](C)N(Cc1ccc(Cl)cc1Cl)C(=O)Cc1cc(C)cc(C)c1. The van der Waals surface area contributed by atoms with E-state index in [0.29, 0.717) is 16.6 Å². The van der Waals surface area contributed by atoms with Crippen molar-refractivity contribution in [3.05, 3.63) is 68.7 Å². The van der Waals surface area contributed by atoms with E-state index in [2.05, 4.69) is 11.4 Å². The number of carbonyl (C=O) groups is 2. The van der Waals surface area contributed by atoms with Gasteiger partial charge in [-0.2, -0.15) is 0 Å². The Morgan fingerprint density at radius 1 is 1.07 bits per heavy atom. The summed E-state index contributed by atoms with van der Waals surface area (Å²) in [4.78, 5) is 27.4. The van der Waals surface area contributed by atoms with E-state index < -0.39 is 6.04 Å². The molecule has 156 valence electrons. The van der Waals surface area contributed by atoms with Crippen LogP contribution in [0.3, 0.4) is 0 Å². The lowest BCUT2D eigenvalue weighted by atomic mass is 10.0. The van der Waals surface area contributed by atoms with Crippen LogP contribution in [0.5, 0.6) is 0 Å². The van der Waals surface area contributed by atoms with E-state index in [1.807, 2.05) is 32.9 Å². The molecule has 0 aromatic heterocycles. The molecule has 29 heavy (non-hydrogen) atoms. The predicted octanol–water partition coefficient (Wildman–Crippen LogP) is 5.10. The fourth-order valence-electron chi connectivity index (χ4n) is 3.26. The van der Waals surface area contributed by atoms with Gasteiger partial charge in [0.15, 0.2) is 0 Å². The predicted molar refractivity (Wildman–Crippen MR) is 119 cm³/mol. The summed E-state index contributed by atoms with van der Waals surface area (Å²) >= 11 is 12.3. The molecule has 2 aromatic rings. The molecule has 0 heterocycles. The minimum Gasteiger partial charge on any atom is -0.354 e. The van der Waals surface area contributed by atoms with Crippen LogP contribution in [0.25, 0.3) is 0 Å². The van der Waals surface area contributed by atoms with Crippen molar-refractivity contribution in [1.29, 1.82) is 0 Å². The molecular formula is C23H28Cl2N2O2. The van der Waals surface area contributed by atoms with Crippen LogP contribution < -0.4 is 5.32 Å². The van der Waals surface area contributed by atoms with Gasteiger partial charge in [0, 0.05) is 23.1 Å². The average molecular weight is 435 g/mol. The molecule has 6 heteroatoms. The number of hydrogen-bond donors (Lipinski definition) is 1. The lowest BCUT2D eigenvalue weighted by Crippen LogP contribution is -2.48. The lowest BCUT2D eigenvalue weighted by molar-refractivity contribution is -0.140. The number of amides is 2. The van der Waals surface area contributed by atoms with E-state index in [4.69, 9.17) is 23.2 Å². The highest BCUT2D eigenvalue weighted by atomic mass is 35.5. The summed E-state index contributed by atoms with van der Waals surface area (Å²) < 4.78 is 0. The fourth-order valence-corrected chi connectivity index (χ4v) is 3.73. The Labute approximate surface area is 183 Å². The summed E-state index contributed by atoms with van der Waals surface area (Å²) in [5, 5.41) is 3.88. The monoisotopic (exact) mass is 434 g/mol. The molecule has 0 aliphatic heterocycles. The maximum absolute atomic E-state index is 13.2. The van der Waals surface area contributed by atoms with Crippen molar-refractivity contribution in [2.45, 2.75) is 53.1 Å². The number of benzene rings is 2. The molecule has 0 saturated heterocycles. The van der Waals surface area contributed by atoms with E-state index in [1.54, 1.807) is 30.0 Å². The Morgan fingerprint density at radius 3 is 2.31 bits per heavy atom. The van der Waals surface area contributed by atoms with Gasteiger partial charge in [-0.3, -0.25) is 9.59 Å². The quantitative estimate of drug-likeness (QED) is 0.628. The highest BCUT2D eigenvalue weighted by molar-refractivity contribution is 6.35. The number of halogens is 2. The van der Waals surface area contributed by atoms with Gasteiger partial charge in [0.25, 0.3) is 0 Å². The van der Waals surface area contributed by atoms with Crippen LogP contribution in [0.2, 0.25) is 10.0 Å². The smallest absolute Gasteiger partial charge is 0.242 e. The standard InChI is InChI=1S/C23H28Cl2N2O2/c1-5-8-26-23(29)17(4)27(14-19-6-7-20(24)13-21(19)25)22(28)12-18-10-15(2)9-16(3)11-18/h6-7,9-11,13,17H,5,8,12,14H2,1-4H3,(H,26,29)/t17-/m1/s1. The van der Waals surface area contributed by atoms with Gasteiger partial charge in [0.2, 0.25) is 11.8 Å². The second-order valence-corrected chi connectivity index (χ2v) is 8.24. The van der Waals surface area contributed by atoms with Crippen molar-refractivity contribution >= 4 is 35.0 Å². The van der Waals surface area contributed by atoms with E-state index >= 15 is 0 Å². The van der Waals surface area contributed by atoms with Gasteiger partial charge in [-0.05, 0) is 50.5 Å². The number of carbonyl (C=O) groups excluding carboxylic acids is 2. The van der Waals surface area contributed by atoms with Crippen LogP contribution in [0.15, 0.2) is 36.4 Å². The van der Waals surface area contributed by atoms with Gasteiger partial charge < -0.3 is 10.2 Å². The maximum atomic E-state index is 13.2. The molecule has 0 saturated carbocycles. The van der Waals surface area contributed by atoms with Crippen molar-refractivity contribution in [2.24, 2.45) is 0 Å². The van der Waals surface area contributed by atoms with Gasteiger partial charge in [-0.15, -0.1) is 0 Å². The van der Waals surface area contributed by atoms with E-state index in [-0.39, 0.29) is 24.8 Å². The van der Waals surface area contributed by atoms with E-state index in [1.165, 1.54) is 0 Å². The summed E-state index contributed by atoms with van der Waals surface area (Å²) in [7, 11) is 0. The minimum atomic E-state index is -0.619. The molecule has 0 aliphatic carbocycles. The first-order chi connectivity index (χ1) is 13.7. The third-order valence-corrected chi connectivity index (χ3v) is 5.30. The van der Waals surface area contributed by atoms with Crippen LogP contribution in [0.4, 0.5) is 0 Å². The summed E-state index contributed by atoms with van der Waals surface area (Å²) in [5.74, 6) is -0.300. The number of rotatable bonds is 8. The first-order valence-electron chi connectivity index (χ1n) is 9.79. The number of hydrogen-bond acceptors (Lipinski definition) is 2. The van der Waals surface area contributed by atoms with Crippen LogP contribution in [0, 0.1) is 13.8 Å². The molecule has 0 aliphatic rings. The van der Waals surface area contributed by atoms with Crippen molar-refractivity contribution in [2.75, 3.05) is 6.54 Å². The molecule has 0 unspecified atom stereocenters. The second-order valence-electron chi connectivity index (χ2n) is 7.40. The van der Waals surface area contributed by atoms with Gasteiger partial charge >= 0.3 is 0 Å². The van der Waals surface area contributed by atoms with Crippen molar-refractivity contribution in [1.82, 2.24) is 10.2 Å². The third kappa shape index (κ3) is 6.76. The average Bonchev–Trinajstić information content (AvgIpc) is 2.64. The van der Waals surface area contributed by atoms with Gasteiger partial charge in [0.05, 0.1) is 6.42 Å². The van der Waals surface area contributed by atoms with Gasteiger partial charge in [-0.1, -0.05) is 65.5 Å².